The summed E-state index contributed by atoms with van der Waals surface area (Å²) in [5, 5.41) is 1.65. The quantitative estimate of drug-likeness (QED) is 0.392. The van der Waals surface area contributed by atoms with Gasteiger partial charge < -0.3 is 0 Å². The van der Waals surface area contributed by atoms with E-state index in [0.717, 1.165) is 12.8 Å². The van der Waals surface area contributed by atoms with Gasteiger partial charge in [-0.15, -0.1) is 4.99 Å². The van der Waals surface area contributed by atoms with Crippen LogP contribution in [0.1, 0.15) is 35.1 Å². The molecule has 150 valence electrons. The molecule has 0 saturated carbocycles. The van der Waals surface area contributed by atoms with Crippen molar-refractivity contribution in [2.45, 2.75) is 26.3 Å². The zero-order valence-electron chi connectivity index (χ0n) is 17.5. The second kappa shape index (κ2) is 10.7. The maximum absolute atomic E-state index is 4.96. The summed E-state index contributed by atoms with van der Waals surface area (Å²) in [6.07, 6.45) is 15.4. The predicted octanol–water partition coefficient (Wildman–Crippen LogP) is 6.29. The molecule has 0 heterocycles. The van der Waals surface area contributed by atoms with Gasteiger partial charge in [-0.1, -0.05) is 90.6 Å². The monoisotopic (exact) mass is 387 g/mol. The van der Waals surface area contributed by atoms with Crippen LogP contribution >= 0.6 is 0 Å². The molecule has 0 spiro atoms. The fourth-order valence-electron chi connectivity index (χ4n) is 3.18. The van der Waals surface area contributed by atoms with E-state index in [0.29, 0.717) is 6.54 Å². The largest absolute Gasteiger partial charge is 0.221 e. The standard InChI is InChI=1S/C26H29NO2/c1-21-4-6-22(7-5-21)8-9-23-10-12-24(13-11-23)14-15-25-16-18-26(19-17-25)20-27(2)29-28-3/h4-10,12,14-19H,11,13,20H2,1-3H3/b9-8+,15-14+. The minimum Gasteiger partial charge on any atom is -0.221 e. The van der Waals surface area contributed by atoms with E-state index in [1.165, 1.54) is 40.5 Å². The van der Waals surface area contributed by atoms with Crippen molar-refractivity contribution in [3.05, 3.63) is 106 Å². The van der Waals surface area contributed by atoms with Crippen molar-refractivity contribution in [2.75, 3.05) is 14.2 Å². The number of allylic oxidation sites excluding steroid dienone is 6. The Kier molecular flexibility index (Phi) is 7.77. The van der Waals surface area contributed by atoms with Crippen LogP contribution in [0.5, 0.6) is 0 Å². The van der Waals surface area contributed by atoms with E-state index in [4.69, 9.17) is 4.99 Å². The third-order valence-electron chi connectivity index (χ3n) is 4.86. The highest BCUT2D eigenvalue weighted by atomic mass is 17.3. The van der Waals surface area contributed by atoms with Crippen molar-refractivity contribution in [1.29, 1.82) is 0 Å². The van der Waals surface area contributed by atoms with Crippen molar-refractivity contribution in [3.63, 3.8) is 0 Å². The fraction of sp³-hybridized carbons (Fsp3) is 0.231. The average molecular weight is 388 g/mol. The summed E-state index contributed by atoms with van der Waals surface area (Å²) in [6, 6.07) is 17.1. The number of hydrogen-bond acceptors (Lipinski definition) is 3. The summed E-state index contributed by atoms with van der Waals surface area (Å²) in [5.74, 6) is 0. The first-order valence-corrected chi connectivity index (χ1v) is 9.96. The normalized spacial score (nSPS) is 14.6. The number of aryl methyl sites for hydroxylation is 1. The number of hydrogen-bond donors (Lipinski definition) is 0. The van der Waals surface area contributed by atoms with Crippen molar-refractivity contribution in [2.24, 2.45) is 0 Å². The van der Waals surface area contributed by atoms with Gasteiger partial charge in [-0.05, 0) is 47.6 Å². The van der Waals surface area contributed by atoms with Crippen LogP contribution in [-0.4, -0.2) is 19.2 Å². The van der Waals surface area contributed by atoms with Gasteiger partial charge >= 0.3 is 0 Å². The highest BCUT2D eigenvalue weighted by Crippen LogP contribution is 2.22. The molecule has 29 heavy (non-hydrogen) atoms. The zero-order valence-corrected chi connectivity index (χ0v) is 17.5. The van der Waals surface area contributed by atoms with Gasteiger partial charge in [0.25, 0.3) is 0 Å². The highest BCUT2D eigenvalue weighted by molar-refractivity contribution is 5.56. The molecule has 1 aliphatic rings. The molecule has 0 atom stereocenters. The Morgan fingerprint density at radius 1 is 0.793 bits per heavy atom. The molecule has 0 aromatic heterocycles. The smallest absolute Gasteiger partial charge is 0.0733 e. The Balaban J connectivity index is 1.55. The maximum Gasteiger partial charge on any atom is 0.0733 e. The molecule has 0 bridgehead atoms. The predicted molar refractivity (Wildman–Crippen MR) is 121 cm³/mol. The summed E-state index contributed by atoms with van der Waals surface area (Å²) < 4.78 is 0. The zero-order chi connectivity index (χ0) is 20.5. The van der Waals surface area contributed by atoms with Gasteiger partial charge in [0.2, 0.25) is 0 Å². The first-order chi connectivity index (χ1) is 14.1. The lowest BCUT2D eigenvalue weighted by Gasteiger charge is -2.13. The minimum atomic E-state index is 0.673. The molecule has 2 aromatic rings. The number of rotatable bonds is 8. The summed E-state index contributed by atoms with van der Waals surface area (Å²) in [6.45, 7) is 2.79. The van der Waals surface area contributed by atoms with Crippen molar-refractivity contribution < 1.29 is 9.88 Å². The van der Waals surface area contributed by atoms with Crippen LogP contribution < -0.4 is 0 Å². The SMILES string of the molecule is COON(C)Cc1ccc(/C=C/C2=CC=C(/C=C/c3ccc(C)cc3)CC2)cc1. The van der Waals surface area contributed by atoms with Crippen molar-refractivity contribution in [1.82, 2.24) is 5.06 Å². The molecular formula is C26H29NO2. The molecule has 3 heteroatoms. The van der Waals surface area contributed by atoms with Gasteiger partial charge in [-0.3, -0.25) is 0 Å². The Bertz CT molecular complexity index is 903. The lowest BCUT2D eigenvalue weighted by atomic mass is 9.96. The average Bonchev–Trinajstić information content (AvgIpc) is 2.74. The lowest BCUT2D eigenvalue weighted by molar-refractivity contribution is -0.408. The van der Waals surface area contributed by atoms with E-state index >= 15 is 0 Å². The van der Waals surface area contributed by atoms with Crippen molar-refractivity contribution in [3.8, 4) is 0 Å². The second-order valence-corrected chi connectivity index (χ2v) is 7.33. The molecule has 0 saturated heterocycles. The minimum absolute atomic E-state index is 0.673. The molecule has 0 fully saturated rings. The molecule has 0 N–H and O–H groups in total. The Morgan fingerprint density at radius 2 is 1.31 bits per heavy atom. The van der Waals surface area contributed by atoms with Gasteiger partial charge in [0, 0.05) is 7.05 Å². The van der Waals surface area contributed by atoms with Gasteiger partial charge in [-0.25, -0.2) is 4.89 Å². The summed E-state index contributed by atoms with van der Waals surface area (Å²) in [4.78, 5) is 9.61. The Morgan fingerprint density at radius 3 is 1.79 bits per heavy atom. The molecule has 0 amide bonds. The summed E-state index contributed by atoms with van der Waals surface area (Å²) >= 11 is 0. The van der Waals surface area contributed by atoms with Gasteiger partial charge in [0.1, 0.15) is 0 Å². The van der Waals surface area contributed by atoms with Gasteiger partial charge in [0.15, 0.2) is 0 Å². The number of hydroxylamine groups is 2. The van der Waals surface area contributed by atoms with E-state index in [2.05, 4.69) is 96.8 Å². The first-order valence-electron chi connectivity index (χ1n) is 9.96. The fourth-order valence-corrected chi connectivity index (χ4v) is 3.18. The van der Waals surface area contributed by atoms with Crippen LogP contribution in [-0.2, 0) is 16.4 Å². The van der Waals surface area contributed by atoms with Gasteiger partial charge in [-0.2, -0.15) is 5.06 Å². The Labute approximate surface area is 174 Å². The van der Waals surface area contributed by atoms with E-state index in [1.807, 2.05) is 7.05 Å². The maximum atomic E-state index is 4.96. The molecule has 3 nitrogen and oxygen atoms in total. The van der Waals surface area contributed by atoms with Crippen LogP contribution in [0.25, 0.3) is 12.2 Å². The molecule has 0 unspecified atom stereocenters. The van der Waals surface area contributed by atoms with E-state index in [-0.39, 0.29) is 0 Å². The van der Waals surface area contributed by atoms with E-state index in [1.54, 1.807) is 5.06 Å². The lowest BCUT2D eigenvalue weighted by Crippen LogP contribution is -2.17. The first kappa shape index (κ1) is 21.0. The van der Waals surface area contributed by atoms with Crippen LogP contribution in [0.3, 0.4) is 0 Å². The van der Waals surface area contributed by atoms with Gasteiger partial charge in [0.05, 0.1) is 13.7 Å². The topological polar surface area (TPSA) is 21.7 Å². The number of nitrogens with zero attached hydrogens (tertiary/aromatic N) is 1. The van der Waals surface area contributed by atoms with Crippen molar-refractivity contribution >= 4 is 12.2 Å². The second-order valence-electron chi connectivity index (χ2n) is 7.33. The molecule has 0 aliphatic heterocycles. The summed E-state index contributed by atoms with van der Waals surface area (Å²) in [5.41, 5.74) is 7.63. The van der Waals surface area contributed by atoms with Crippen LogP contribution in [0.2, 0.25) is 0 Å². The van der Waals surface area contributed by atoms with Crippen LogP contribution in [0.15, 0.2) is 84.0 Å². The summed E-state index contributed by atoms with van der Waals surface area (Å²) in [7, 11) is 3.34. The van der Waals surface area contributed by atoms with Crippen LogP contribution in [0, 0.1) is 6.92 Å². The Hall–Kier alpha value is -2.72. The van der Waals surface area contributed by atoms with E-state index in [9.17, 15) is 0 Å². The molecular weight excluding hydrogens is 358 g/mol. The molecule has 0 radical (unpaired) electrons. The molecule has 2 aromatic carbocycles. The van der Waals surface area contributed by atoms with E-state index < -0.39 is 0 Å². The molecule has 3 rings (SSSR count). The third-order valence-corrected chi connectivity index (χ3v) is 4.86. The molecule has 1 aliphatic carbocycles. The number of benzene rings is 2. The van der Waals surface area contributed by atoms with Crippen LogP contribution in [0.4, 0.5) is 0 Å². The highest BCUT2D eigenvalue weighted by Gasteiger charge is 2.03. The third kappa shape index (κ3) is 6.99.